The SMILES string of the molecule is N#Cc1c(F)cccc1Oc1ccc(-c2nnco2)cc1. The van der Waals surface area contributed by atoms with Gasteiger partial charge < -0.3 is 9.15 Å². The van der Waals surface area contributed by atoms with Crippen LogP contribution in [0.15, 0.2) is 53.3 Å². The third-order valence-corrected chi connectivity index (χ3v) is 2.78. The van der Waals surface area contributed by atoms with E-state index in [4.69, 9.17) is 14.4 Å². The van der Waals surface area contributed by atoms with Crippen LogP contribution in [0, 0.1) is 17.1 Å². The molecule has 0 saturated heterocycles. The second-order valence-electron chi connectivity index (χ2n) is 4.10. The Hall–Kier alpha value is -3.20. The van der Waals surface area contributed by atoms with Crippen LogP contribution in [0.2, 0.25) is 0 Å². The van der Waals surface area contributed by atoms with Gasteiger partial charge in [0.1, 0.15) is 28.9 Å². The molecule has 0 unspecified atom stereocenters. The Morgan fingerprint density at radius 1 is 1.14 bits per heavy atom. The molecule has 0 aliphatic rings. The highest BCUT2D eigenvalue weighted by Crippen LogP contribution is 2.28. The minimum Gasteiger partial charge on any atom is -0.456 e. The maximum Gasteiger partial charge on any atom is 0.247 e. The Morgan fingerprint density at radius 3 is 2.62 bits per heavy atom. The molecule has 5 nitrogen and oxygen atoms in total. The second-order valence-corrected chi connectivity index (χ2v) is 4.10. The summed E-state index contributed by atoms with van der Waals surface area (Å²) in [6.07, 6.45) is 1.24. The minimum atomic E-state index is -0.613. The summed E-state index contributed by atoms with van der Waals surface area (Å²) in [7, 11) is 0. The lowest BCUT2D eigenvalue weighted by Gasteiger charge is -2.07. The highest BCUT2D eigenvalue weighted by Gasteiger charge is 2.10. The first kappa shape index (κ1) is 12.8. The Bertz CT molecular complexity index is 793. The molecule has 3 aromatic rings. The van der Waals surface area contributed by atoms with E-state index in [1.54, 1.807) is 30.3 Å². The number of ether oxygens (including phenoxy) is 1. The molecule has 3 rings (SSSR count). The zero-order valence-corrected chi connectivity index (χ0v) is 10.7. The molecule has 0 fully saturated rings. The van der Waals surface area contributed by atoms with Gasteiger partial charge in [-0.1, -0.05) is 6.07 Å². The van der Waals surface area contributed by atoms with E-state index in [9.17, 15) is 4.39 Å². The average molecular weight is 281 g/mol. The van der Waals surface area contributed by atoms with E-state index in [-0.39, 0.29) is 11.3 Å². The molecule has 0 atom stereocenters. The number of hydrogen-bond donors (Lipinski definition) is 0. The van der Waals surface area contributed by atoms with Crippen LogP contribution in [0.5, 0.6) is 11.5 Å². The van der Waals surface area contributed by atoms with Crippen LogP contribution in [0.1, 0.15) is 5.56 Å². The molecule has 21 heavy (non-hydrogen) atoms. The number of hydrogen-bond acceptors (Lipinski definition) is 5. The van der Waals surface area contributed by atoms with Gasteiger partial charge in [0.15, 0.2) is 0 Å². The molecule has 1 heterocycles. The van der Waals surface area contributed by atoms with Crippen molar-refractivity contribution in [1.82, 2.24) is 10.2 Å². The molecule has 0 spiro atoms. The molecule has 2 aromatic carbocycles. The number of nitriles is 1. The van der Waals surface area contributed by atoms with E-state index in [0.717, 1.165) is 5.56 Å². The second kappa shape index (κ2) is 5.43. The van der Waals surface area contributed by atoms with Crippen molar-refractivity contribution in [2.45, 2.75) is 0 Å². The largest absolute Gasteiger partial charge is 0.456 e. The van der Waals surface area contributed by atoms with Crippen LogP contribution in [-0.2, 0) is 0 Å². The summed E-state index contributed by atoms with van der Waals surface area (Å²) in [5, 5.41) is 16.3. The van der Waals surface area contributed by atoms with Gasteiger partial charge in [0.25, 0.3) is 0 Å². The highest BCUT2D eigenvalue weighted by atomic mass is 19.1. The first-order chi connectivity index (χ1) is 10.3. The summed E-state index contributed by atoms with van der Waals surface area (Å²) in [6, 6.07) is 12.8. The third kappa shape index (κ3) is 2.58. The lowest BCUT2D eigenvalue weighted by atomic mass is 10.2. The monoisotopic (exact) mass is 281 g/mol. The molecule has 0 bridgehead atoms. The van der Waals surface area contributed by atoms with Crippen molar-refractivity contribution in [3.63, 3.8) is 0 Å². The first-order valence-electron chi connectivity index (χ1n) is 6.01. The molecule has 0 radical (unpaired) electrons. The van der Waals surface area contributed by atoms with Crippen LogP contribution >= 0.6 is 0 Å². The minimum absolute atomic E-state index is 0.126. The zero-order valence-electron chi connectivity index (χ0n) is 10.7. The van der Waals surface area contributed by atoms with Crippen LogP contribution in [0.4, 0.5) is 4.39 Å². The van der Waals surface area contributed by atoms with Crippen molar-refractivity contribution in [1.29, 1.82) is 5.26 Å². The quantitative estimate of drug-likeness (QED) is 0.734. The topological polar surface area (TPSA) is 71.9 Å². The van der Waals surface area contributed by atoms with Crippen molar-refractivity contribution in [3.8, 4) is 29.0 Å². The van der Waals surface area contributed by atoms with Crippen LogP contribution < -0.4 is 4.74 Å². The molecule has 0 amide bonds. The zero-order chi connectivity index (χ0) is 14.7. The fourth-order valence-electron chi connectivity index (χ4n) is 1.79. The molecule has 0 aliphatic heterocycles. The van der Waals surface area contributed by atoms with Crippen LogP contribution in [0.3, 0.4) is 0 Å². The predicted octanol–water partition coefficient (Wildman–Crippen LogP) is 3.54. The van der Waals surface area contributed by atoms with E-state index in [2.05, 4.69) is 10.2 Å². The maximum atomic E-state index is 13.5. The van der Waals surface area contributed by atoms with Gasteiger partial charge in [-0.25, -0.2) is 4.39 Å². The van der Waals surface area contributed by atoms with Gasteiger partial charge in [-0.2, -0.15) is 5.26 Å². The van der Waals surface area contributed by atoms with Gasteiger partial charge in [0.05, 0.1) is 0 Å². The molecular weight excluding hydrogens is 273 g/mol. The van der Waals surface area contributed by atoms with Crippen LogP contribution in [-0.4, -0.2) is 10.2 Å². The number of halogens is 1. The lowest BCUT2D eigenvalue weighted by Crippen LogP contribution is -1.91. The van der Waals surface area contributed by atoms with E-state index in [0.29, 0.717) is 11.6 Å². The number of benzene rings is 2. The Balaban J connectivity index is 1.87. The third-order valence-electron chi connectivity index (χ3n) is 2.78. The normalized spacial score (nSPS) is 10.1. The van der Waals surface area contributed by atoms with Gasteiger partial charge in [0, 0.05) is 5.56 Å². The van der Waals surface area contributed by atoms with E-state index < -0.39 is 5.82 Å². The predicted molar refractivity (Wildman–Crippen MR) is 70.9 cm³/mol. The van der Waals surface area contributed by atoms with Crippen molar-refractivity contribution < 1.29 is 13.5 Å². The fourth-order valence-corrected chi connectivity index (χ4v) is 1.79. The van der Waals surface area contributed by atoms with Crippen molar-refractivity contribution in [3.05, 3.63) is 60.2 Å². The highest BCUT2D eigenvalue weighted by molar-refractivity contribution is 5.54. The molecule has 102 valence electrons. The lowest BCUT2D eigenvalue weighted by molar-refractivity contribution is 0.474. The molecule has 0 N–H and O–H groups in total. The smallest absolute Gasteiger partial charge is 0.247 e. The van der Waals surface area contributed by atoms with Crippen molar-refractivity contribution >= 4 is 0 Å². The van der Waals surface area contributed by atoms with Crippen molar-refractivity contribution in [2.24, 2.45) is 0 Å². The van der Waals surface area contributed by atoms with Gasteiger partial charge >= 0.3 is 0 Å². The number of nitrogens with zero attached hydrogens (tertiary/aromatic N) is 3. The van der Waals surface area contributed by atoms with Crippen LogP contribution in [0.25, 0.3) is 11.5 Å². The van der Waals surface area contributed by atoms with Gasteiger partial charge in [-0.3, -0.25) is 0 Å². The average Bonchev–Trinajstić information content (AvgIpc) is 3.03. The van der Waals surface area contributed by atoms with E-state index in [1.807, 2.05) is 0 Å². The fraction of sp³-hybridized carbons (Fsp3) is 0. The van der Waals surface area contributed by atoms with Gasteiger partial charge in [-0.05, 0) is 36.4 Å². The number of rotatable bonds is 3. The maximum absolute atomic E-state index is 13.5. The Kier molecular flexibility index (Phi) is 3.31. The number of aromatic nitrogens is 2. The summed E-state index contributed by atoms with van der Waals surface area (Å²) in [6.45, 7) is 0. The van der Waals surface area contributed by atoms with Gasteiger partial charge in [0.2, 0.25) is 12.3 Å². The molecule has 0 aliphatic carbocycles. The van der Waals surface area contributed by atoms with E-state index in [1.165, 1.54) is 24.6 Å². The van der Waals surface area contributed by atoms with E-state index >= 15 is 0 Å². The summed E-state index contributed by atoms with van der Waals surface area (Å²) in [5.74, 6) is 0.422. The van der Waals surface area contributed by atoms with Crippen molar-refractivity contribution in [2.75, 3.05) is 0 Å². The first-order valence-corrected chi connectivity index (χ1v) is 6.01. The summed E-state index contributed by atoms with van der Waals surface area (Å²) in [5.41, 5.74) is 0.609. The summed E-state index contributed by atoms with van der Waals surface area (Å²) in [4.78, 5) is 0. The molecular formula is C15H8FN3O2. The Labute approximate surface area is 119 Å². The molecule has 6 heteroatoms. The Morgan fingerprint density at radius 2 is 1.95 bits per heavy atom. The standard InChI is InChI=1S/C15H8FN3O2/c16-13-2-1-3-14(12(13)8-17)21-11-6-4-10(5-7-11)15-19-18-9-20-15/h1-7,9H. The molecule has 1 aromatic heterocycles. The summed E-state index contributed by atoms with van der Waals surface area (Å²) >= 11 is 0. The van der Waals surface area contributed by atoms with Gasteiger partial charge in [-0.15, -0.1) is 10.2 Å². The molecule has 0 saturated carbocycles. The summed E-state index contributed by atoms with van der Waals surface area (Å²) < 4.78 is 24.1.